The van der Waals surface area contributed by atoms with E-state index in [1.807, 2.05) is 0 Å². The highest BCUT2D eigenvalue weighted by molar-refractivity contribution is 5.72. The van der Waals surface area contributed by atoms with Crippen LogP contribution in [0, 0.1) is 35.0 Å². The predicted molar refractivity (Wildman–Crippen MR) is 152 cm³/mol. The first-order valence-electron chi connectivity index (χ1n) is 14.1. The molecule has 1 aliphatic rings. The summed E-state index contributed by atoms with van der Waals surface area (Å²) in [6.45, 7) is 2.10. The van der Waals surface area contributed by atoms with Gasteiger partial charge < -0.3 is 4.74 Å². The maximum Gasteiger partial charge on any atom is 0.426 e. The Hall–Kier alpha value is -4.07. The molecular weight excluding hydrogens is 569 g/mol. The van der Waals surface area contributed by atoms with E-state index in [1.54, 1.807) is 12.1 Å². The van der Waals surface area contributed by atoms with Crippen molar-refractivity contribution in [3.05, 3.63) is 125 Å². The average Bonchev–Trinajstić information content (AvgIpc) is 2.99. The number of benzene rings is 4. The van der Waals surface area contributed by atoms with Gasteiger partial charge in [0.2, 0.25) is 0 Å². The molecule has 0 spiro atoms. The predicted octanol–water partition coefficient (Wildman–Crippen LogP) is 11.1. The van der Waals surface area contributed by atoms with Crippen molar-refractivity contribution < 1.29 is 35.5 Å². The first-order chi connectivity index (χ1) is 20.6. The fourth-order valence-electron chi connectivity index (χ4n) is 5.55. The average molecular weight is 599 g/mol. The van der Waals surface area contributed by atoms with Crippen LogP contribution in [-0.4, -0.2) is 0 Å². The highest BCUT2D eigenvalue weighted by Crippen LogP contribution is 2.39. The van der Waals surface area contributed by atoms with E-state index in [0.717, 1.165) is 61.9 Å². The molecule has 8 heteroatoms. The number of halogens is 7. The van der Waals surface area contributed by atoms with Crippen molar-refractivity contribution in [2.24, 2.45) is 5.92 Å². The molecule has 0 atom stereocenters. The van der Waals surface area contributed by atoms with Crippen molar-refractivity contribution >= 4 is 0 Å². The van der Waals surface area contributed by atoms with Gasteiger partial charge in [-0.15, -0.1) is 0 Å². The van der Waals surface area contributed by atoms with Crippen molar-refractivity contribution in [3.63, 3.8) is 0 Å². The van der Waals surface area contributed by atoms with Crippen LogP contribution in [0.3, 0.4) is 0 Å². The van der Waals surface area contributed by atoms with E-state index in [2.05, 4.69) is 19.1 Å². The highest BCUT2D eigenvalue weighted by Gasteiger charge is 2.35. The molecule has 0 unspecified atom stereocenters. The molecule has 1 nitrogen and oxygen atoms in total. The molecule has 43 heavy (non-hydrogen) atoms. The molecule has 0 aromatic heterocycles. The fraction of sp³-hybridized carbons (Fsp3) is 0.257. The van der Waals surface area contributed by atoms with Crippen molar-refractivity contribution in [1.29, 1.82) is 0 Å². The molecule has 0 saturated heterocycles. The lowest BCUT2D eigenvalue weighted by Gasteiger charge is -2.27. The van der Waals surface area contributed by atoms with Crippen LogP contribution in [-0.2, 0) is 6.11 Å². The van der Waals surface area contributed by atoms with E-state index in [0.29, 0.717) is 24.0 Å². The van der Waals surface area contributed by atoms with Gasteiger partial charge in [-0.1, -0.05) is 43.3 Å². The number of hydrogen-bond acceptors (Lipinski definition) is 1. The van der Waals surface area contributed by atoms with Crippen molar-refractivity contribution in [2.75, 3.05) is 0 Å². The van der Waals surface area contributed by atoms with E-state index in [1.165, 1.54) is 24.3 Å². The topological polar surface area (TPSA) is 9.23 Å². The van der Waals surface area contributed by atoms with Gasteiger partial charge in [-0.2, -0.15) is 8.78 Å². The standard InChI is InChI=1S/C35H29F7O/c1-2-3-4-21-5-7-22(8-6-21)23-9-12-26(13-10-23)35(41,42)43-27-14-16-28(31(37)20-27)24-11-15-29(30(36)17-24)25-18-32(38)34(40)33(39)19-25/h3-4,9-22H,2,5-8H2,1H3/b4-3+. The van der Waals surface area contributed by atoms with Crippen LogP contribution in [0.25, 0.3) is 22.3 Å². The smallest absolute Gasteiger partial charge is 0.426 e. The third-order valence-corrected chi connectivity index (χ3v) is 7.90. The van der Waals surface area contributed by atoms with E-state index < -0.39 is 40.9 Å². The zero-order valence-electron chi connectivity index (χ0n) is 23.3. The SMILES string of the molecule is CC/C=C/C1CCC(c2ccc(C(F)(F)Oc3ccc(-c4ccc(-c5cc(F)c(F)c(F)c5)c(F)c4)c(F)c3)cc2)CC1. The monoisotopic (exact) mass is 598 g/mol. The van der Waals surface area contributed by atoms with Gasteiger partial charge in [0.1, 0.15) is 17.4 Å². The summed E-state index contributed by atoms with van der Waals surface area (Å²) in [6, 6.07) is 13.8. The zero-order chi connectivity index (χ0) is 30.7. The quantitative estimate of drug-likeness (QED) is 0.111. The first kappa shape index (κ1) is 30.4. The maximum absolute atomic E-state index is 15.0. The molecule has 5 rings (SSSR count). The molecule has 0 heterocycles. The molecule has 1 fully saturated rings. The first-order valence-corrected chi connectivity index (χ1v) is 14.1. The van der Waals surface area contributed by atoms with Crippen LogP contribution in [0.5, 0.6) is 5.75 Å². The van der Waals surface area contributed by atoms with Crippen molar-refractivity contribution in [2.45, 2.75) is 51.1 Å². The van der Waals surface area contributed by atoms with Crippen LogP contribution in [0.2, 0.25) is 0 Å². The lowest BCUT2D eigenvalue weighted by Crippen LogP contribution is -2.22. The zero-order valence-corrected chi connectivity index (χ0v) is 23.3. The summed E-state index contributed by atoms with van der Waals surface area (Å²) < 4.78 is 105. The number of allylic oxidation sites excluding steroid dienone is 2. The van der Waals surface area contributed by atoms with Gasteiger partial charge in [0, 0.05) is 17.2 Å². The second-order valence-corrected chi connectivity index (χ2v) is 10.8. The number of alkyl halides is 2. The summed E-state index contributed by atoms with van der Waals surface area (Å²) in [7, 11) is 0. The highest BCUT2D eigenvalue weighted by atomic mass is 19.3. The molecule has 224 valence electrons. The molecule has 1 saturated carbocycles. The van der Waals surface area contributed by atoms with Gasteiger partial charge in [0.05, 0.1) is 5.56 Å². The Labute approximate surface area is 245 Å². The molecule has 0 N–H and O–H groups in total. The molecule has 4 aromatic rings. The molecular formula is C35H29F7O. The van der Waals surface area contributed by atoms with Gasteiger partial charge in [-0.3, -0.25) is 0 Å². The summed E-state index contributed by atoms with van der Waals surface area (Å²) in [5, 5.41) is 0. The Bertz CT molecular complexity index is 1600. The minimum atomic E-state index is -3.73. The van der Waals surface area contributed by atoms with E-state index in [9.17, 15) is 22.0 Å². The molecule has 0 aliphatic heterocycles. The Morgan fingerprint density at radius 2 is 1.28 bits per heavy atom. The van der Waals surface area contributed by atoms with Gasteiger partial charge in [0.25, 0.3) is 0 Å². The van der Waals surface area contributed by atoms with Crippen molar-refractivity contribution in [3.8, 4) is 28.0 Å². The minimum absolute atomic E-state index is 0.0473. The minimum Gasteiger partial charge on any atom is -0.429 e. The molecule has 0 radical (unpaired) electrons. The largest absolute Gasteiger partial charge is 0.429 e. The number of hydrogen-bond donors (Lipinski definition) is 0. The third kappa shape index (κ3) is 6.79. The summed E-state index contributed by atoms with van der Waals surface area (Å²) in [5.74, 6) is -6.08. The lowest BCUT2D eigenvalue weighted by molar-refractivity contribution is -0.185. The van der Waals surface area contributed by atoms with E-state index in [4.69, 9.17) is 4.74 Å². The normalized spacial score (nSPS) is 17.4. The second-order valence-electron chi connectivity index (χ2n) is 10.8. The van der Waals surface area contributed by atoms with Crippen LogP contribution >= 0.6 is 0 Å². The summed E-state index contributed by atoms with van der Waals surface area (Å²) in [6.07, 6.45) is 5.84. The van der Waals surface area contributed by atoms with E-state index in [-0.39, 0.29) is 27.8 Å². The third-order valence-electron chi connectivity index (χ3n) is 7.90. The van der Waals surface area contributed by atoms with Gasteiger partial charge in [-0.05, 0) is 103 Å². The van der Waals surface area contributed by atoms with Crippen LogP contribution in [0.4, 0.5) is 30.7 Å². The lowest BCUT2D eigenvalue weighted by atomic mass is 9.78. The van der Waals surface area contributed by atoms with Crippen LogP contribution < -0.4 is 4.74 Å². The van der Waals surface area contributed by atoms with Gasteiger partial charge in [0.15, 0.2) is 17.5 Å². The van der Waals surface area contributed by atoms with E-state index >= 15 is 8.78 Å². The summed E-state index contributed by atoms with van der Waals surface area (Å²) in [4.78, 5) is 0. The molecule has 0 bridgehead atoms. The Balaban J connectivity index is 1.27. The Morgan fingerprint density at radius 3 is 1.88 bits per heavy atom. The summed E-state index contributed by atoms with van der Waals surface area (Å²) in [5.41, 5.74) is 0.0944. The van der Waals surface area contributed by atoms with Crippen LogP contribution in [0.1, 0.15) is 56.1 Å². The fourth-order valence-corrected chi connectivity index (χ4v) is 5.55. The number of ether oxygens (including phenoxy) is 1. The van der Waals surface area contributed by atoms with Crippen LogP contribution in [0.15, 0.2) is 84.9 Å². The molecule has 4 aromatic carbocycles. The van der Waals surface area contributed by atoms with Gasteiger partial charge >= 0.3 is 6.11 Å². The Morgan fingerprint density at radius 1 is 0.698 bits per heavy atom. The summed E-state index contributed by atoms with van der Waals surface area (Å²) >= 11 is 0. The number of rotatable bonds is 8. The van der Waals surface area contributed by atoms with Gasteiger partial charge in [-0.25, -0.2) is 22.0 Å². The maximum atomic E-state index is 15.0. The van der Waals surface area contributed by atoms with Crippen molar-refractivity contribution in [1.82, 2.24) is 0 Å². The molecule has 0 amide bonds. The molecule has 1 aliphatic carbocycles. The Kier molecular flexibility index (Phi) is 8.95. The second kappa shape index (κ2) is 12.7.